The van der Waals surface area contributed by atoms with Crippen molar-refractivity contribution >= 4 is 5.91 Å². The zero-order chi connectivity index (χ0) is 12.0. The van der Waals surface area contributed by atoms with E-state index in [9.17, 15) is 9.18 Å². The Morgan fingerprint density at radius 3 is 3.06 bits per heavy atom. The Morgan fingerprint density at radius 2 is 2.41 bits per heavy atom. The van der Waals surface area contributed by atoms with Crippen LogP contribution < -0.4 is 5.32 Å². The highest BCUT2D eigenvalue weighted by atomic mass is 19.1. The Hall–Kier alpha value is -1.42. The lowest BCUT2D eigenvalue weighted by atomic mass is 10.1. The molecule has 90 valence electrons. The monoisotopic (exact) mass is 234 g/mol. The maximum Gasteiger partial charge on any atom is 0.251 e. The number of likely N-dealkylation sites (tertiary alicyclic amines) is 1. The molecule has 1 aliphatic heterocycles. The van der Waals surface area contributed by atoms with Crippen LogP contribution in [0.15, 0.2) is 24.3 Å². The molecule has 0 bridgehead atoms. The number of nitrogens with one attached hydrogen (secondary N) is 1. The average Bonchev–Trinajstić information content (AvgIpc) is 2.80. The number of carbonyl (C=O) groups excluding carboxylic acids is 1. The summed E-state index contributed by atoms with van der Waals surface area (Å²) in [5, 5.41) is 3.06. The molecule has 0 unspecified atom stereocenters. The van der Waals surface area contributed by atoms with Crippen molar-refractivity contribution in [1.82, 2.24) is 10.2 Å². The molecule has 2 atom stereocenters. The van der Waals surface area contributed by atoms with E-state index in [0.717, 1.165) is 19.5 Å². The molecule has 1 aromatic carbocycles. The maximum atomic E-state index is 13.0. The quantitative estimate of drug-likeness (QED) is 0.835. The van der Waals surface area contributed by atoms with Crippen molar-refractivity contribution in [3.8, 4) is 0 Å². The molecule has 1 saturated carbocycles. The fraction of sp³-hybridized carbons (Fsp3) is 0.462. The lowest BCUT2D eigenvalue weighted by Gasteiger charge is -2.17. The first-order valence-corrected chi connectivity index (χ1v) is 5.86. The smallest absolute Gasteiger partial charge is 0.251 e. The number of fused-ring (bicyclic) bond motifs is 1. The van der Waals surface area contributed by atoms with Gasteiger partial charge in [0, 0.05) is 18.7 Å². The van der Waals surface area contributed by atoms with E-state index >= 15 is 0 Å². The van der Waals surface area contributed by atoms with Crippen molar-refractivity contribution in [2.45, 2.75) is 12.0 Å². The summed E-state index contributed by atoms with van der Waals surface area (Å²) in [5.74, 6) is 0.0401. The third kappa shape index (κ3) is 1.82. The Labute approximate surface area is 99.6 Å². The Bertz CT molecular complexity index is 476. The maximum absolute atomic E-state index is 13.0. The molecule has 3 nitrogen and oxygen atoms in total. The van der Waals surface area contributed by atoms with Crippen LogP contribution in [0.2, 0.25) is 0 Å². The van der Waals surface area contributed by atoms with Gasteiger partial charge in [0.2, 0.25) is 0 Å². The molecule has 1 aliphatic carbocycles. The van der Waals surface area contributed by atoms with E-state index in [1.165, 1.54) is 12.1 Å². The summed E-state index contributed by atoms with van der Waals surface area (Å²) in [6, 6.07) is 5.83. The van der Waals surface area contributed by atoms with Gasteiger partial charge in [0.1, 0.15) is 5.82 Å². The first-order chi connectivity index (χ1) is 8.09. The molecule has 0 radical (unpaired) electrons. The van der Waals surface area contributed by atoms with Crippen molar-refractivity contribution in [3.05, 3.63) is 35.6 Å². The zero-order valence-electron chi connectivity index (χ0n) is 9.74. The van der Waals surface area contributed by atoms with Crippen molar-refractivity contribution in [2.24, 2.45) is 5.92 Å². The number of halogens is 1. The molecule has 1 amide bonds. The van der Waals surface area contributed by atoms with E-state index in [4.69, 9.17) is 0 Å². The van der Waals surface area contributed by atoms with Crippen LogP contribution >= 0.6 is 0 Å². The number of benzene rings is 1. The summed E-state index contributed by atoms with van der Waals surface area (Å²) in [6.07, 6.45) is 1.05. The average molecular weight is 234 g/mol. The second-order valence-electron chi connectivity index (χ2n) is 5.22. The lowest BCUT2D eigenvalue weighted by Crippen LogP contribution is -2.41. The molecule has 1 aromatic rings. The summed E-state index contributed by atoms with van der Waals surface area (Å²) in [5.41, 5.74) is 0.359. The highest BCUT2D eigenvalue weighted by Crippen LogP contribution is 2.49. The Morgan fingerprint density at radius 1 is 1.59 bits per heavy atom. The highest BCUT2D eigenvalue weighted by molar-refractivity contribution is 5.95. The number of amides is 1. The van der Waals surface area contributed by atoms with Crippen LogP contribution in [0.4, 0.5) is 4.39 Å². The molecule has 4 heteroatoms. The number of rotatable bonds is 2. The minimum Gasteiger partial charge on any atom is -0.345 e. The number of piperidine rings is 1. The number of likely N-dealkylation sites (N-methyl/N-ethyl adjacent to an activating group) is 1. The van der Waals surface area contributed by atoms with Crippen LogP contribution in [0.25, 0.3) is 0 Å². The van der Waals surface area contributed by atoms with Crippen molar-refractivity contribution < 1.29 is 9.18 Å². The number of hydrogen-bond acceptors (Lipinski definition) is 2. The fourth-order valence-electron chi connectivity index (χ4n) is 2.86. The summed E-state index contributed by atoms with van der Waals surface area (Å²) in [7, 11) is 2.06. The normalized spacial score (nSPS) is 31.1. The fourth-order valence-corrected chi connectivity index (χ4v) is 2.86. The molecule has 1 saturated heterocycles. The number of hydrogen-bond donors (Lipinski definition) is 1. The van der Waals surface area contributed by atoms with Gasteiger partial charge in [0.05, 0.1) is 5.54 Å². The van der Waals surface area contributed by atoms with Gasteiger partial charge in [-0.15, -0.1) is 0 Å². The van der Waals surface area contributed by atoms with E-state index < -0.39 is 0 Å². The van der Waals surface area contributed by atoms with E-state index in [1.807, 2.05) is 0 Å². The first-order valence-electron chi connectivity index (χ1n) is 5.86. The van der Waals surface area contributed by atoms with Gasteiger partial charge < -0.3 is 10.2 Å². The SMILES string of the molecule is CN1C[C@H]2C[C@]2(NC(=O)c2cccc(F)c2)C1. The second-order valence-corrected chi connectivity index (χ2v) is 5.22. The Kier molecular flexibility index (Phi) is 2.23. The van der Waals surface area contributed by atoms with Crippen molar-refractivity contribution in [2.75, 3.05) is 20.1 Å². The molecule has 0 spiro atoms. The van der Waals surface area contributed by atoms with Gasteiger partial charge in [-0.1, -0.05) is 6.07 Å². The summed E-state index contributed by atoms with van der Waals surface area (Å²) in [6.45, 7) is 1.95. The molecular formula is C13H15FN2O. The van der Waals surface area contributed by atoms with Gasteiger partial charge in [-0.25, -0.2) is 4.39 Å². The summed E-state index contributed by atoms with van der Waals surface area (Å²) < 4.78 is 13.0. The molecular weight excluding hydrogens is 219 g/mol. The molecule has 2 fully saturated rings. The minimum atomic E-state index is -0.369. The molecule has 1 N–H and O–H groups in total. The molecule has 17 heavy (non-hydrogen) atoms. The van der Waals surface area contributed by atoms with Crippen molar-refractivity contribution in [3.63, 3.8) is 0 Å². The largest absolute Gasteiger partial charge is 0.345 e. The number of carbonyl (C=O) groups is 1. The zero-order valence-corrected chi connectivity index (χ0v) is 9.74. The van der Waals surface area contributed by atoms with Crippen LogP contribution in [0.3, 0.4) is 0 Å². The summed E-state index contributed by atoms with van der Waals surface area (Å²) in [4.78, 5) is 14.2. The Balaban J connectivity index is 1.73. The van der Waals surface area contributed by atoms with Crippen LogP contribution in [-0.2, 0) is 0 Å². The van der Waals surface area contributed by atoms with Crippen molar-refractivity contribution in [1.29, 1.82) is 0 Å². The minimum absolute atomic E-state index is 0.0435. The molecule has 2 aliphatic rings. The third-order valence-corrected chi connectivity index (χ3v) is 3.77. The van der Waals surface area contributed by atoms with Crippen LogP contribution in [-0.4, -0.2) is 36.5 Å². The number of nitrogens with zero attached hydrogens (tertiary/aromatic N) is 1. The van der Waals surface area contributed by atoms with E-state index in [1.54, 1.807) is 12.1 Å². The lowest BCUT2D eigenvalue weighted by molar-refractivity contribution is 0.0928. The topological polar surface area (TPSA) is 32.3 Å². The molecule has 0 aromatic heterocycles. The predicted octanol–water partition coefficient (Wildman–Crippen LogP) is 1.26. The van der Waals surface area contributed by atoms with Gasteiger partial charge in [-0.3, -0.25) is 4.79 Å². The van der Waals surface area contributed by atoms with E-state index in [0.29, 0.717) is 11.5 Å². The van der Waals surface area contributed by atoms with Crippen LogP contribution in [0.5, 0.6) is 0 Å². The molecule has 1 heterocycles. The predicted molar refractivity (Wildman–Crippen MR) is 62.2 cm³/mol. The van der Waals surface area contributed by atoms with Gasteiger partial charge in [0.15, 0.2) is 0 Å². The van der Waals surface area contributed by atoms with Gasteiger partial charge >= 0.3 is 0 Å². The third-order valence-electron chi connectivity index (χ3n) is 3.77. The van der Waals surface area contributed by atoms with Gasteiger partial charge in [0.25, 0.3) is 5.91 Å². The van der Waals surface area contributed by atoms with Crippen LogP contribution in [0, 0.1) is 11.7 Å². The standard InChI is InChI=1S/C13H15FN2O/c1-16-7-10-6-13(10,8-16)15-12(17)9-3-2-4-11(14)5-9/h2-5,10H,6-8H2,1H3,(H,15,17)/t10-,13+/m1/s1. The first kappa shape index (κ1) is 10.7. The van der Waals surface area contributed by atoms with Crippen LogP contribution in [0.1, 0.15) is 16.8 Å². The highest BCUT2D eigenvalue weighted by Gasteiger charge is 2.60. The summed E-state index contributed by atoms with van der Waals surface area (Å²) >= 11 is 0. The van der Waals surface area contributed by atoms with E-state index in [2.05, 4.69) is 17.3 Å². The molecule has 3 rings (SSSR count). The van der Waals surface area contributed by atoms with E-state index in [-0.39, 0.29) is 17.3 Å². The van der Waals surface area contributed by atoms with Gasteiger partial charge in [-0.05, 0) is 37.6 Å². The van der Waals surface area contributed by atoms with Gasteiger partial charge in [-0.2, -0.15) is 0 Å². The second kappa shape index (κ2) is 3.53.